The molecule has 3 nitrogen and oxygen atoms in total. The Bertz CT molecular complexity index is 3360. The second-order valence-corrected chi connectivity index (χ2v) is 15.9. The summed E-state index contributed by atoms with van der Waals surface area (Å²) in [6.07, 6.45) is 0. The Morgan fingerprint density at radius 1 is 0.279 bits per heavy atom. The van der Waals surface area contributed by atoms with Crippen molar-refractivity contribution in [3.8, 4) is 56.4 Å². The maximum absolute atomic E-state index is 5.27. The van der Waals surface area contributed by atoms with Gasteiger partial charge >= 0.3 is 0 Å². The van der Waals surface area contributed by atoms with Crippen molar-refractivity contribution < 1.29 is 0 Å². The minimum absolute atomic E-state index is 0.631. The Hall–Kier alpha value is -8.01. The Balaban J connectivity index is 1.14. The second-order valence-electron chi connectivity index (χ2n) is 15.9. The summed E-state index contributed by atoms with van der Waals surface area (Å²) in [5.41, 5.74) is 11.8. The van der Waals surface area contributed by atoms with Gasteiger partial charge in [0.05, 0.1) is 5.41 Å². The highest BCUT2D eigenvalue weighted by Crippen LogP contribution is 2.60. The van der Waals surface area contributed by atoms with E-state index in [1.807, 2.05) is 24.3 Å². The third kappa shape index (κ3) is 5.48. The summed E-state index contributed by atoms with van der Waals surface area (Å²) in [5.74, 6) is 1.90. The van der Waals surface area contributed by atoms with Crippen LogP contribution in [0, 0.1) is 0 Å². The van der Waals surface area contributed by atoms with E-state index in [2.05, 4.69) is 200 Å². The lowest BCUT2D eigenvalue weighted by Gasteiger charge is -2.35. The van der Waals surface area contributed by atoms with Gasteiger partial charge in [-0.2, -0.15) is 0 Å². The van der Waals surface area contributed by atoms with Crippen LogP contribution in [0.4, 0.5) is 0 Å². The molecule has 1 heterocycles. The first-order chi connectivity index (χ1) is 30.3. The molecule has 0 bridgehead atoms. The fraction of sp³-hybridized carbons (Fsp3) is 0.0172. The van der Waals surface area contributed by atoms with Crippen molar-refractivity contribution in [2.75, 3.05) is 0 Å². The summed E-state index contributed by atoms with van der Waals surface area (Å²) < 4.78 is 0. The average Bonchev–Trinajstić information content (AvgIpc) is 3.65. The molecule has 0 spiro atoms. The fourth-order valence-electron chi connectivity index (χ4n) is 9.91. The van der Waals surface area contributed by atoms with Gasteiger partial charge in [-0.25, -0.2) is 15.0 Å². The van der Waals surface area contributed by atoms with Crippen molar-refractivity contribution in [3.63, 3.8) is 0 Å². The third-order valence-electron chi connectivity index (χ3n) is 12.6. The summed E-state index contributed by atoms with van der Waals surface area (Å²) in [7, 11) is 0. The van der Waals surface area contributed by atoms with E-state index in [9.17, 15) is 0 Å². The van der Waals surface area contributed by atoms with Crippen LogP contribution in [0.3, 0.4) is 0 Å². The number of rotatable bonds is 6. The molecular formula is C58H37N3. The number of aromatic nitrogens is 3. The SMILES string of the molecule is c1ccc(-c2ccc(-c3nc(-c4ccccc4)nc(-c4ccc5c(c4)C(c4ccccc4)(c4ccccc4)c4c-5ccc5c6ccccc6c6ccccc6c45)n3)cc2)cc1. The second kappa shape index (κ2) is 14.1. The van der Waals surface area contributed by atoms with Crippen LogP contribution in [0.15, 0.2) is 224 Å². The van der Waals surface area contributed by atoms with E-state index in [-0.39, 0.29) is 0 Å². The van der Waals surface area contributed by atoms with Gasteiger partial charge in [0.15, 0.2) is 17.5 Å². The van der Waals surface area contributed by atoms with Crippen LogP contribution in [0.5, 0.6) is 0 Å². The summed E-state index contributed by atoms with van der Waals surface area (Å²) in [4.78, 5) is 15.6. The van der Waals surface area contributed by atoms with E-state index in [1.54, 1.807) is 0 Å². The Morgan fingerprint density at radius 3 is 1.23 bits per heavy atom. The summed E-state index contributed by atoms with van der Waals surface area (Å²) in [6.45, 7) is 0. The van der Waals surface area contributed by atoms with E-state index >= 15 is 0 Å². The number of benzene rings is 10. The van der Waals surface area contributed by atoms with E-state index in [0.717, 1.165) is 22.3 Å². The number of hydrogen-bond donors (Lipinski definition) is 0. The molecule has 0 N–H and O–H groups in total. The van der Waals surface area contributed by atoms with Gasteiger partial charge in [-0.3, -0.25) is 0 Å². The zero-order valence-corrected chi connectivity index (χ0v) is 33.2. The van der Waals surface area contributed by atoms with Crippen LogP contribution in [0.2, 0.25) is 0 Å². The fourth-order valence-corrected chi connectivity index (χ4v) is 9.91. The molecule has 0 aliphatic heterocycles. The molecule has 0 fully saturated rings. The van der Waals surface area contributed by atoms with Gasteiger partial charge < -0.3 is 0 Å². The minimum Gasteiger partial charge on any atom is -0.208 e. The van der Waals surface area contributed by atoms with Crippen molar-refractivity contribution >= 4 is 32.3 Å². The Morgan fingerprint density at radius 2 is 0.656 bits per heavy atom. The van der Waals surface area contributed by atoms with Crippen molar-refractivity contribution in [1.29, 1.82) is 0 Å². The molecule has 1 aliphatic rings. The van der Waals surface area contributed by atoms with E-state index in [0.29, 0.717) is 17.5 Å². The lowest BCUT2D eigenvalue weighted by Crippen LogP contribution is -2.29. The average molecular weight is 776 g/mol. The first-order valence-corrected chi connectivity index (χ1v) is 20.9. The zero-order chi connectivity index (χ0) is 40.3. The molecule has 0 saturated carbocycles. The number of hydrogen-bond acceptors (Lipinski definition) is 3. The van der Waals surface area contributed by atoms with E-state index in [4.69, 9.17) is 15.0 Å². The quantitative estimate of drug-likeness (QED) is 0.158. The van der Waals surface area contributed by atoms with Crippen LogP contribution >= 0.6 is 0 Å². The smallest absolute Gasteiger partial charge is 0.164 e. The molecule has 0 atom stereocenters. The van der Waals surface area contributed by atoms with Gasteiger partial charge in [-0.05, 0) is 82.9 Å². The minimum atomic E-state index is -0.667. The van der Waals surface area contributed by atoms with Crippen LogP contribution in [0.25, 0.3) is 88.7 Å². The van der Waals surface area contributed by atoms with E-state index < -0.39 is 5.41 Å². The molecule has 61 heavy (non-hydrogen) atoms. The molecule has 1 aromatic heterocycles. The first kappa shape index (κ1) is 35.0. The molecule has 11 aromatic rings. The van der Waals surface area contributed by atoms with Crippen molar-refractivity contribution in [2.24, 2.45) is 0 Å². The molecular weight excluding hydrogens is 739 g/mol. The zero-order valence-electron chi connectivity index (χ0n) is 33.2. The predicted molar refractivity (Wildman–Crippen MR) is 251 cm³/mol. The molecule has 0 saturated heterocycles. The summed E-state index contributed by atoms with van der Waals surface area (Å²) >= 11 is 0. The van der Waals surface area contributed by atoms with Gasteiger partial charge in [0, 0.05) is 16.7 Å². The molecule has 12 rings (SSSR count). The van der Waals surface area contributed by atoms with Crippen LogP contribution in [-0.4, -0.2) is 15.0 Å². The number of fused-ring (bicyclic) bond motifs is 10. The van der Waals surface area contributed by atoms with Crippen LogP contribution in [0.1, 0.15) is 22.3 Å². The standard InChI is InChI=1S/C58H37N3/c1-5-17-38(18-6-1)39-29-31-41(32-30-39)56-59-55(40-19-7-2-8-20-40)60-57(61-56)42-33-34-48-51-36-35-50-47-27-14-13-25-45(47)46-26-15-16-28-49(46)53(50)54(51)58(52(48)37-42,43-21-9-3-10-22-43)44-23-11-4-12-24-44/h1-37H. The first-order valence-electron chi connectivity index (χ1n) is 20.9. The highest BCUT2D eigenvalue weighted by Gasteiger charge is 2.48. The molecule has 10 aromatic carbocycles. The molecule has 284 valence electrons. The van der Waals surface area contributed by atoms with Gasteiger partial charge in [0.2, 0.25) is 0 Å². The van der Waals surface area contributed by atoms with Crippen LogP contribution < -0.4 is 0 Å². The monoisotopic (exact) mass is 775 g/mol. The molecule has 3 heteroatoms. The molecule has 0 unspecified atom stereocenters. The van der Waals surface area contributed by atoms with Gasteiger partial charge in [0.25, 0.3) is 0 Å². The highest BCUT2D eigenvalue weighted by atomic mass is 15.0. The summed E-state index contributed by atoms with van der Waals surface area (Å²) in [6, 6.07) is 80.7. The van der Waals surface area contributed by atoms with Gasteiger partial charge in [-0.15, -0.1) is 0 Å². The normalized spacial score (nSPS) is 12.7. The van der Waals surface area contributed by atoms with E-state index in [1.165, 1.54) is 71.3 Å². The highest BCUT2D eigenvalue weighted by molar-refractivity contribution is 6.27. The lowest BCUT2D eigenvalue weighted by atomic mass is 9.66. The van der Waals surface area contributed by atoms with Crippen molar-refractivity contribution in [2.45, 2.75) is 5.41 Å². The van der Waals surface area contributed by atoms with Crippen LogP contribution in [-0.2, 0) is 5.41 Å². The Kier molecular flexibility index (Phi) is 8.07. The molecule has 1 aliphatic carbocycles. The maximum Gasteiger partial charge on any atom is 0.164 e. The molecule has 0 amide bonds. The maximum atomic E-state index is 5.27. The van der Waals surface area contributed by atoms with Crippen molar-refractivity contribution in [1.82, 2.24) is 15.0 Å². The Labute approximate surface area is 354 Å². The predicted octanol–water partition coefficient (Wildman–Crippen LogP) is 14.4. The molecule has 0 radical (unpaired) electrons. The van der Waals surface area contributed by atoms with Gasteiger partial charge in [-0.1, -0.05) is 218 Å². The topological polar surface area (TPSA) is 38.7 Å². The largest absolute Gasteiger partial charge is 0.208 e. The van der Waals surface area contributed by atoms with Gasteiger partial charge in [0.1, 0.15) is 0 Å². The van der Waals surface area contributed by atoms with Crippen molar-refractivity contribution in [3.05, 3.63) is 247 Å². The lowest BCUT2D eigenvalue weighted by molar-refractivity contribution is 0.776. The third-order valence-corrected chi connectivity index (χ3v) is 12.6. The summed E-state index contributed by atoms with van der Waals surface area (Å²) in [5, 5.41) is 7.57. The number of nitrogens with zero attached hydrogens (tertiary/aromatic N) is 3.